The number of hydrogen-bond donors (Lipinski definition) is 1. The van der Waals surface area contributed by atoms with Crippen molar-refractivity contribution in [3.8, 4) is 0 Å². The number of fused-ring (bicyclic) bond motifs is 1. The first-order chi connectivity index (χ1) is 11.4. The van der Waals surface area contributed by atoms with Gasteiger partial charge in [-0.1, -0.05) is 26.7 Å². The minimum atomic E-state index is -0.714. The molecule has 1 N–H and O–H groups in total. The molecule has 0 bridgehead atoms. The van der Waals surface area contributed by atoms with Gasteiger partial charge in [-0.05, 0) is 38.0 Å². The van der Waals surface area contributed by atoms with Gasteiger partial charge in [-0.2, -0.15) is 0 Å². The van der Waals surface area contributed by atoms with Crippen LogP contribution in [0.1, 0.15) is 52.9 Å². The molecule has 2 amide bonds. The molecule has 1 saturated carbocycles. The van der Waals surface area contributed by atoms with E-state index in [4.69, 9.17) is 9.47 Å². The van der Waals surface area contributed by atoms with Gasteiger partial charge >= 0.3 is 6.09 Å². The zero-order chi connectivity index (χ0) is 17.9. The van der Waals surface area contributed by atoms with Crippen LogP contribution in [0.4, 0.5) is 4.79 Å². The zero-order valence-electron chi connectivity index (χ0n) is 15.6. The van der Waals surface area contributed by atoms with Gasteiger partial charge in [-0.15, -0.1) is 0 Å². The van der Waals surface area contributed by atoms with Crippen molar-refractivity contribution in [3.63, 3.8) is 0 Å². The molecule has 1 aliphatic heterocycles. The Hall–Kier alpha value is -1.30. The fourth-order valence-corrected chi connectivity index (χ4v) is 4.30. The number of ether oxygens (including phenoxy) is 2. The molecule has 0 aromatic heterocycles. The summed E-state index contributed by atoms with van der Waals surface area (Å²) < 4.78 is 10.0. The number of alkyl carbamates (subject to hydrolysis) is 1. The summed E-state index contributed by atoms with van der Waals surface area (Å²) in [5.74, 6) is 1.02. The Labute approximate surface area is 145 Å². The van der Waals surface area contributed by atoms with Gasteiger partial charge in [-0.3, -0.25) is 4.79 Å². The Balaban J connectivity index is 2.24. The molecule has 2 fully saturated rings. The number of carbonyl (C=O) groups is 2. The highest BCUT2D eigenvalue weighted by atomic mass is 16.5. The Bertz CT molecular complexity index is 456. The summed E-state index contributed by atoms with van der Waals surface area (Å²) in [6, 6.07) is -0.153. The van der Waals surface area contributed by atoms with Crippen molar-refractivity contribution in [2.75, 3.05) is 14.2 Å². The van der Waals surface area contributed by atoms with E-state index >= 15 is 0 Å². The number of rotatable bonds is 6. The minimum Gasteiger partial charge on any atom is -0.453 e. The van der Waals surface area contributed by atoms with Crippen LogP contribution in [0.25, 0.3) is 0 Å². The first kappa shape index (κ1) is 19.0. The number of nitrogens with zero attached hydrogens (tertiary/aromatic N) is 1. The highest BCUT2D eigenvalue weighted by Crippen LogP contribution is 2.44. The lowest BCUT2D eigenvalue weighted by atomic mass is 9.93. The summed E-state index contributed by atoms with van der Waals surface area (Å²) in [6.07, 6.45) is 4.57. The van der Waals surface area contributed by atoms with E-state index in [1.54, 1.807) is 14.0 Å². The van der Waals surface area contributed by atoms with Crippen LogP contribution in [-0.4, -0.2) is 55.3 Å². The van der Waals surface area contributed by atoms with Crippen LogP contribution in [0.5, 0.6) is 0 Å². The summed E-state index contributed by atoms with van der Waals surface area (Å²) in [4.78, 5) is 27.1. The molecule has 0 radical (unpaired) electrons. The van der Waals surface area contributed by atoms with Gasteiger partial charge in [0.25, 0.3) is 0 Å². The minimum absolute atomic E-state index is 0.0329. The second-order valence-electron chi connectivity index (χ2n) is 7.25. The third-order valence-electron chi connectivity index (χ3n) is 6.00. The molecule has 6 nitrogen and oxygen atoms in total. The Morgan fingerprint density at radius 3 is 2.54 bits per heavy atom. The number of hydrogen-bond acceptors (Lipinski definition) is 4. The molecule has 138 valence electrons. The maximum atomic E-state index is 13.3. The van der Waals surface area contributed by atoms with Gasteiger partial charge in [0.05, 0.1) is 13.2 Å². The largest absolute Gasteiger partial charge is 0.453 e. The van der Waals surface area contributed by atoms with E-state index in [9.17, 15) is 9.59 Å². The summed E-state index contributed by atoms with van der Waals surface area (Å²) in [7, 11) is 2.86. The molecular formula is C18H32N2O4. The standard InChI is InChI=1S/C18H32N2O4/c1-6-11(2)15-10-13-8-7-9-14(13)20(15)17(21)16(12(3)23-4)19-18(22)24-5/h11-16H,6-10H2,1-5H3,(H,19,22)/t11-,12?,13-,14-,15?,16-/m0/s1. The van der Waals surface area contributed by atoms with Gasteiger partial charge in [0, 0.05) is 19.2 Å². The number of methoxy groups -OCH3 is 2. The molecular weight excluding hydrogens is 308 g/mol. The number of likely N-dealkylation sites (tertiary alicyclic amines) is 1. The summed E-state index contributed by atoms with van der Waals surface area (Å²) in [6.45, 7) is 6.19. The van der Waals surface area contributed by atoms with E-state index in [1.165, 1.54) is 20.0 Å². The van der Waals surface area contributed by atoms with E-state index in [1.807, 2.05) is 0 Å². The molecule has 24 heavy (non-hydrogen) atoms. The van der Waals surface area contributed by atoms with E-state index in [0.29, 0.717) is 17.9 Å². The predicted molar refractivity (Wildman–Crippen MR) is 91.6 cm³/mol. The van der Waals surface area contributed by atoms with Gasteiger partial charge in [0.15, 0.2) is 0 Å². The maximum absolute atomic E-state index is 13.3. The van der Waals surface area contributed by atoms with Crippen LogP contribution in [0.3, 0.4) is 0 Å². The normalized spacial score (nSPS) is 29.7. The van der Waals surface area contributed by atoms with Crippen molar-refractivity contribution in [1.29, 1.82) is 0 Å². The molecule has 0 aromatic carbocycles. The van der Waals surface area contributed by atoms with Crippen molar-refractivity contribution < 1.29 is 19.1 Å². The molecule has 1 heterocycles. The van der Waals surface area contributed by atoms with Gasteiger partial charge in [-0.25, -0.2) is 4.79 Å². The zero-order valence-corrected chi connectivity index (χ0v) is 15.6. The molecule has 1 saturated heterocycles. The Kier molecular flexibility index (Phi) is 6.49. The maximum Gasteiger partial charge on any atom is 0.407 e. The SMILES string of the molecule is CC[C@H](C)C1C[C@@H]2CCC[C@@H]2N1C(=O)[C@@H](NC(=O)OC)C(C)OC. The lowest BCUT2D eigenvalue weighted by Gasteiger charge is -2.37. The fourth-order valence-electron chi connectivity index (χ4n) is 4.30. The van der Waals surface area contributed by atoms with Crippen molar-refractivity contribution in [3.05, 3.63) is 0 Å². The molecule has 2 rings (SSSR count). The Morgan fingerprint density at radius 1 is 1.25 bits per heavy atom. The number of carbonyl (C=O) groups excluding carboxylic acids is 2. The van der Waals surface area contributed by atoms with Crippen molar-refractivity contribution >= 4 is 12.0 Å². The lowest BCUT2D eigenvalue weighted by Crippen LogP contribution is -2.57. The lowest BCUT2D eigenvalue weighted by molar-refractivity contribution is -0.140. The van der Waals surface area contributed by atoms with Crippen molar-refractivity contribution in [2.45, 2.75) is 77.1 Å². The monoisotopic (exact) mass is 340 g/mol. The van der Waals surface area contributed by atoms with E-state index in [0.717, 1.165) is 19.3 Å². The molecule has 6 atom stereocenters. The smallest absolute Gasteiger partial charge is 0.407 e. The third kappa shape index (κ3) is 3.68. The van der Waals surface area contributed by atoms with Gasteiger partial charge < -0.3 is 19.7 Å². The highest BCUT2D eigenvalue weighted by molar-refractivity contribution is 5.87. The predicted octanol–water partition coefficient (Wildman–Crippen LogP) is 2.56. The van der Waals surface area contributed by atoms with E-state index < -0.39 is 18.2 Å². The average molecular weight is 340 g/mol. The summed E-state index contributed by atoms with van der Waals surface area (Å²) >= 11 is 0. The number of nitrogens with one attached hydrogen (secondary N) is 1. The molecule has 2 unspecified atom stereocenters. The highest BCUT2D eigenvalue weighted by Gasteiger charge is 2.49. The third-order valence-corrected chi connectivity index (χ3v) is 6.00. The van der Waals surface area contributed by atoms with Crippen molar-refractivity contribution in [2.24, 2.45) is 11.8 Å². The first-order valence-electron chi connectivity index (χ1n) is 9.13. The molecule has 0 aromatic rings. The molecule has 0 spiro atoms. The molecule has 2 aliphatic rings. The van der Waals surface area contributed by atoms with Crippen LogP contribution in [-0.2, 0) is 14.3 Å². The average Bonchev–Trinajstić information content (AvgIpc) is 3.18. The van der Waals surface area contributed by atoms with Crippen LogP contribution >= 0.6 is 0 Å². The molecule has 6 heteroatoms. The Morgan fingerprint density at radius 2 is 1.96 bits per heavy atom. The second-order valence-corrected chi connectivity index (χ2v) is 7.25. The number of amides is 2. The first-order valence-corrected chi connectivity index (χ1v) is 9.13. The topological polar surface area (TPSA) is 67.9 Å². The van der Waals surface area contributed by atoms with Crippen molar-refractivity contribution in [1.82, 2.24) is 10.2 Å². The summed E-state index contributed by atoms with van der Waals surface area (Å²) in [5, 5.41) is 2.67. The quantitative estimate of drug-likeness (QED) is 0.807. The van der Waals surface area contributed by atoms with Gasteiger partial charge in [0.2, 0.25) is 5.91 Å². The van der Waals surface area contributed by atoms with Crippen LogP contribution in [0.15, 0.2) is 0 Å². The van der Waals surface area contributed by atoms with Crippen LogP contribution in [0.2, 0.25) is 0 Å². The van der Waals surface area contributed by atoms with Crippen LogP contribution in [0, 0.1) is 11.8 Å². The second kappa shape index (κ2) is 8.19. The van der Waals surface area contributed by atoms with E-state index in [-0.39, 0.29) is 11.9 Å². The van der Waals surface area contributed by atoms with E-state index in [2.05, 4.69) is 24.1 Å². The molecule has 1 aliphatic carbocycles. The fraction of sp³-hybridized carbons (Fsp3) is 0.889. The summed E-state index contributed by atoms with van der Waals surface area (Å²) in [5.41, 5.74) is 0. The van der Waals surface area contributed by atoms with Crippen LogP contribution < -0.4 is 5.32 Å². The van der Waals surface area contributed by atoms with Gasteiger partial charge in [0.1, 0.15) is 6.04 Å².